The number of carboxylic acid groups (broad SMARTS) is 1. The highest BCUT2D eigenvalue weighted by atomic mass is 35.5. The van der Waals surface area contributed by atoms with E-state index in [0.29, 0.717) is 20.4 Å². The first-order valence-electron chi connectivity index (χ1n) is 11.3. The van der Waals surface area contributed by atoms with E-state index in [-0.39, 0.29) is 40.1 Å². The molecule has 1 aromatic carbocycles. The van der Waals surface area contributed by atoms with Gasteiger partial charge < -0.3 is 14.6 Å². The van der Waals surface area contributed by atoms with Crippen molar-refractivity contribution >= 4 is 45.1 Å². The summed E-state index contributed by atoms with van der Waals surface area (Å²) in [6.45, 7) is 4.56. The molecule has 2 aromatic rings. The maximum atomic E-state index is 13.7. The molecule has 0 bridgehead atoms. The number of aliphatic carboxylic acids is 1. The van der Waals surface area contributed by atoms with Gasteiger partial charge in [-0.1, -0.05) is 18.5 Å². The Kier molecular flexibility index (Phi) is 8.13. The van der Waals surface area contributed by atoms with Gasteiger partial charge >= 0.3 is 18.2 Å². The van der Waals surface area contributed by atoms with E-state index in [0.717, 1.165) is 4.31 Å². The zero-order valence-corrected chi connectivity index (χ0v) is 22.3. The molecule has 3 rings (SSSR count). The number of ether oxygens (including phenoxy) is 2. The van der Waals surface area contributed by atoms with Gasteiger partial charge in [-0.05, 0) is 45.4 Å². The molecule has 2 atom stereocenters. The molecule has 2 N–H and O–H groups in total. The Hall–Kier alpha value is -3.20. The van der Waals surface area contributed by atoms with E-state index >= 15 is 0 Å². The van der Waals surface area contributed by atoms with Crippen molar-refractivity contribution in [3.05, 3.63) is 29.5 Å². The minimum Gasteiger partial charge on any atom is -0.486 e. The summed E-state index contributed by atoms with van der Waals surface area (Å²) >= 11 is 6.10. The van der Waals surface area contributed by atoms with Crippen LogP contribution in [-0.2, 0) is 26.1 Å². The van der Waals surface area contributed by atoms with Crippen LogP contribution in [0.5, 0.6) is 5.75 Å². The van der Waals surface area contributed by atoms with Gasteiger partial charge in [-0.25, -0.2) is 13.2 Å². The number of carbonyl (C=O) groups is 2. The number of hydrogen-bond acceptors (Lipinski definition) is 7. The van der Waals surface area contributed by atoms with Crippen molar-refractivity contribution in [3.63, 3.8) is 0 Å². The van der Waals surface area contributed by atoms with E-state index in [1.165, 1.54) is 36.0 Å². The normalized spacial score (nSPS) is 16.8. The fourth-order valence-corrected chi connectivity index (χ4v) is 5.45. The molecule has 0 spiro atoms. The van der Waals surface area contributed by atoms with Crippen LogP contribution in [0.3, 0.4) is 0 Å². The van der Waals surface area contributed by atoms with E-state index in [2.05, 4.69) is 15.2 Å². The Labute approximate surface area is 221 Å². The Balaban J connectivity index is 2.00. The molecule has 1 amide bonds. The first-order valence-corrected chi connectivity index (χ1v) is 13.1. The van der Waals surface area contributed by atoms with Gasteiger partial charge in [0.1, 0.15) is 16.7 Å². The Morgan fingerprint density at radius 2 is 2.00 bits per heavy atom. The van der Waals surface area contributed by atoms with Crippen molar-refractivity contribution < 1.29 is 45.8 Å². The highest BCUT2D eigenvalue weighted by Crippen LogP contribution is 2.41. The number of sulfonamides is 1. The van der Waals surface area contributed by atoms with Crippen LogP contribution in [0.25, 0.3) is 0 Å². The topological polar surface area (TPSA) is 140 Å². The lowest BCUT2D eigenvalue weighted by Crippen LogP contribution is -2.45. The molecule has 1 aliphatic rings. The summed E-state index contributed by atoms with van der Waals surface area (Å²) in [6, 6.07) is 3.76. The van der Waals surface area contributed by atoms with Gasteiger partial charge in [0.05, 0.1) is 18.2 Å². The summed E-state index contributed by atoms with van der Waals surface area (Å²) in [7, 11) is -4.38. The fraction of sp³-hybridized carbons (Fsp3) is 0.500. The highest BCUT2D eigenvalue weighted by molar-refractivity contribution is 7.93. The number of amides is 1. The third-order valence-corrected chi connectivity index (χ3v) is 7.96. The average molecular weight is 583 g/mol. The van der Waals surface area contributed by atoms with Gasteiger partial charge in [0.15, 0.2) is 5.15 Å². The summed E-state index contributed by atoms with van der Waals surface area (Å²) in [6.07, 6.45) is -5.90. The van der Waals surface area contributed by atoms with Gasteiger partial charge in [-0.3, -0.25) is 19.1 Å². The molecular weight excluding hydrogens is 557 g/mol. The number of aromatic nitrogens is 2. The van der Waals surface area contributed by atoms with Gasteiger partial charge in [0.2, 0.25) is 5.60 Å². The summed E-state index contributed by atoms with van der Waals surface area (Å²) in [5.74, 6) is -1.91. The summed E-state index contributed by atoms with van der Waals surface area (Å²) < 4.78 is 79.2. The molecule has 0 fully saturated rings. The zero-order valence-electron chi connectivity index (χ0n) is 20.7. The number of nitrogens with zero attached hydrogens (tertiary/aromatic N) is 3. The molecule has 38 heavy (non-hydrogen) atoms. The monoisotopic (exact) mass is 582 g/mol. The van der Waals surface area contributed by atoms with E-state index < -0.39 is 45.9 Å². The van der Waals surface area contributed by atoms with Crippen LogP contribution in [0.15, 0.2) is 29.3 Å². The molecule has 210 valence electrons. The second kappa shape index (κ2) is 10.5. The van der Waals surface area contributed by atoms with Crippen molar-refractivity contribution in [2.45, 2.75) is 63.4 Å². The van der Waals surface area contributed by atoms with E-state index in [1.54, 1.807) is 6.92 Å². The van der Waals surface area contributed by atoms with Crippen LogP contribution in [0.4, 0.5) is 29.3 Å². The number of alkyl halides is 3. The van der Waals surface area contributed by atoms with E-state index in [9.17, 15) is 36.3 Å². The number of rotatable bonds is 8. The molecule has 0 aliphatic carbocycles. The van der Waals surface area contributed by atoms with Crippen molar-refractivity contribution in [2.75, 3.05) is 16.2 Å². The molecule has 0 radical (unpaired) electrons. The van der Waals surface area contributed by atoms with Crippen LogP contribution in [0.1, 0.15) is 34.1 Å². The number of carbonyl (C=O) groups excluding carboxylic acids is 1. The third kappa shape index (κ3) is 6.09. The highest BCUT2D eigenvalue weighted by Gasteiger charge is 2.51. The average Bonchev–Trinajstić information content (AvgIpc) is 3.19. The predicted molar refractivity (Wildman–Crippen MR) is 130 cm³/mol. The standard InChI is InChI=1S/C22H26ClF3N4O7S/c1-5-29-11-17(18(23)28-29)38(34,35)30-10-14(8-12(2)19(31)32)36-16-7-6-13(9-15(16)30)27-20(33)37-21(3,4)22(24,25)26/h6-7,9,11-12,14H,5,8,10H2,1-4H3,(H,27,33)(H,31,32). The largest absolute Gasteiger partial charge is 0.486 e. The van der Waals surface area contributed by atoms with Crippen LogP contribution in [0, 0.1) is 5.92 Å². The van der Waals surface area contributed by atoms with E-state index in [1.807, 2.05) is 0 Å². The number of benzene rings is 1. The quantitative estimate of drug-likeness (QED) is 0.463. The number of hydrogen-bond donors (Lipinski definition) is 2. The molecule has 0 saturated heterocycles. The molecule has 1 aromatic heterocycles. The minimum atomic E-state index is -4.83. The first-order chi connectivity index (χ1) is 17.5. The molecule has 2 heterocycles. The molecular formula is C22H26ClF3N4O7S. The number of anilines is 2. The number of aryl methyl sites for hydroxylation is 1. The van der Waals surface area contributed by atoms with Gasteiger partial charge in [-0.2, -0.15) is 18.3 Å². The van der Waals surface area contributed by atoms with Gasteiger partial charge in [0, 0.05) is 18.4 Å². The summed E-state index contributed by atoms with van der Waals surface area (Å²) in [5, 5.41) is 15.1. The van der Waals surface area contributed by atoms with Crippen LogP contribution >= 0.6 is 11.6 Å². The number of fused-ring (bicyclic) bond motifs is 1. The predicted octanol–water partition coefficient (Wildman–Crippen LogP) is 4.51. The van der Waals surface area contributed by atoms with Gasteiger partial charge in [0.25, 0.3) is 10.0 Å². The second-order valence-electron chi connectivity index (χ2n) is 9.10. The Morgan fingerprint density at radius 1 is 1.34 bits per heavy atom. The Morgan fingerprint density at radius 3 is 2.55 bits per heavy atom. The van der Waals surface area contributed by atoms with Crippen molar-refractivity contribution in [1.82, 2.24) is 9.78 Å². The third-order valence-electron chi connectivity index (χ3n) is 5.78. The van der Waals surface area contributed by atoms with Crippen LogP contribution < -0.4 is 14.4 Å². The molecule has 0 saturated carbocycles. The van der Waals surface area contributed by atoms with Crippen LogP contribution in [0.2, 0.25) is 5.15 Å². The lowest BCUT2D eigenvalue weighted by molar-refractivity contribution is -0.242. The number of halogens is 4. The summed E-state index contributed by atoms with van der Waals surface area (Å²) in [5.41, 5.74) is -2.92. The summed E-state index contributed by atoms with van der Waals surface area (Å²) in [4.78, 5) is 23.2. The van der Waals surface area contributed by atoms with E-state index in [4.69, 9.17) is 16.3 Å². The maximum Gasteiger partial charge on any atom is 0.427 e. The second-order valence-corrected chi connectivity index (χ2v) is 11.3. The Bertz CT molecular complexity index is 1330. The molecule has 16 heteroatoms. The minimum absolute atomic E-state index is 0.0262. The van der Waals surface area contributed by atoms with Crippen molar-refractivity contribution in [2.24, 2.45) is 5.92 Å². The first kappa shape index (κ1) is 29.4. The van der Waals surface area contributed by atoms with Crippen molar-refractivity contribution in [3.8, 4) is 5.75 Å². The maximum absolute atomic E-state index is 13.7. The smallest absolute Gasteiger partial charge is 0.427 e. The zero-order chi connectivity index (χ0) is 28.6. The van der Waals surface area contributed by atoms with Crippen LogP contribution in [-0.4, -0.2) is 59.8 Å². The number of nitrogens with one attached hydrogen (secondary N) is 1. The SMILES string of the molecule is CCn1cc(S(=O)(=O)N2CC(CC(C)C(=O)O)Oc3ccc(NC(=O)OC(C)(C)C(F)(F)F)cc32)c(Cl)n1. The number of carboxylic acids is 1. The molecule has 11 nitrogen and oxygen atoms in total. The molecule has 2 unspecified atom stereocenters. The van der Waals surface area contributed by atoms with Crippen molar-refractivity contribution in [1.29, 1.82) is 0 Å². The molecule has 1 aliphatic heterocycles. The fourth-order valence-electron chi connectivity index (χ4n) is 3.50. The lowest BCUT2D eigenvalue weighted by Gasteiger charge is -2.36. The lowest BCUT2D eigenvalue weighted by atomic mass is 10.0. The van der Waals surface area contributed by atoms with Gasteiger partial charge in [-0.15, -0.1) is 0 Å².